The lowest BCUT2D eigenvalue weighted by atomic mass is 9.92. The minimum absolute atomic E-state index is 0.367. The zero-order valence-electron chi connectivity index (χ0n) is 10.9. The molecule has 3 nitrogen and oxygen atoms in total. The predicted octanol–water partition coefficient (Wildman–Crippen LogP) is 3.28. The minimum atomic E-state index is 0.367. The highest BCUT2D eigenvalue weighted by Gasteiger charge is 2.09. The number of anilines is 1. The molecule has 1 aromatic rings. The quantitative estimate of drug-likeness (QED) is 0.829. The van der Waals surface area contributed by atoms with Gasteiger partial charge in [-0.3, -0.25) is 0 Å². The van der Waals surface area contributed by atoms with Gasteiger partial charge in [-0.15, -0.1) is 0 Å². The highest BCUT2D eigenvalue weighted by molar-refractivity contribution is 5.34. The molecule has 90 valence electrons. The van der Waals surface area contributed by atoms with Gasteiger partial charge in [0.25, 0.3) is 0 Å². The maximum Gasteiger partial charge on any atom is 0.129 e. The van der Waals surface area contributed by atoms with E-state index in [4.69, 9.17) is 0 Å². The molecule has 0 saturated carbocycles. The molecular formula is C13H23N3. The van der Waals surface area contributed by atoms with Gasteiger partial charge in [0.05, 0.1) is 0 Å². The fourth-order valence-corrected chi connectivity index (χ4v) is 1.45. The molecule has 1 heterocycles. The summed E-state index contributed by atoms with van der Waals surface area (Å²) in [6, 6.07) is 2.05. The Morgan fingerprint density at radius 2 is 2.00 bits per heavy atom. The van der Waals surface area contributed by atoms with E-state index >= 15 is 0 Å². The van der Waals surface area contributed by atoms with Crippen molar-refractivity contribution >= 4 is 5.82 Å². The lowest BCUT2D eigenvalue weighted by Crippen LogP contribution is -2.13. The Morgan fingerprint density at radius 3 is 2.62 bits per heavy atom. The summed E-state index contributed by atoms with van der Waals surface area (Å²) in [5, 5.41) is 3.35. The number of aromatic nitrogens is 2. The van der Waals surface area contributed by atoms with Crippen LogP contribution in [0.2, 0.25) is 0 Å². The van der Waals surface area contributed by atoms with Gasteiger partial charge in [-0.05, 0) is 18.3 Å². The third kappa shape index (κ3) is 5.10. The van der Waals surface area contributed by atoms with Crippen LogP contribution in [0.15, 0.2) is 12.4 Å². The van der Waals surface area contributed by atoms with E-state index in [1.807, 2.05) is 6.07 Å². The molecular weight excluding hydrogens is 198 g/mol. The molecule has 0 spiro atoms. The first kappa shape index (κ1) is 12.9. The summed E-state index contributed by atoms with van der Waals surface area (Å²) in [6.07, 6.45) is 4.93. The molecule has 0 bridgehead atoms. The summed E-state index contributed by atoms with van der Waals surface area (Å²) in [4.78, 5) is 8.45. The van der Waals surface area contributed by atoms with Crippen molar-refractivity contribution in [3.63, 3.8) is 0 Å². The molecule has 0 fully saturated rings. The number of aryl methyl sites for hydroxylation is 1. The van der Waals surface area contributed by atoms with Crippen LogP contribution in [0.5, 0.6) is 0 Å². The first-order chi connectivity index (χ1) is 7.51. The molecule has 0 aliphatic rings. The largest absolute Gasteiger partial charge is 0.370 e. The van der Waals surface area contributed by atoms with Crippen LogP contribution in [0.3, 0.4) is 0 Å². The van der Waals surface area contributed by atoms with Crippen LogP contribution in [-0.4, -0.2) is 16.5 Å². The zero-order chi connectivity index (χ0) is 12.0. The molecule has 0 aliphatic heterocycles. The van der Waals surface area contributed by atoms with Gasteiger partial charge in [-0.25, -0.2) is 9.97 Å². The summed E-state index contributed by atoms with van der Waals surface area (Å²) in [5.41, 5.74) is 1.49. The summed E-state index contributed by atoms with van der Waals surface area (Å²) in [5.74, 6) is 0.947. The normalized spacial score (nSPS) is 11.5. The summed E-state index contributed by atoms with van der Waals surface area (Å²) >= 11 is 0. The zero-order valence-corrected chi connectivity index (χ0v) is 10.9. The van der Waals surface area contributed by atoms with Crippen molar-refractivity contribution in [2.45, 2.75) is 47.0 Å². The van der Waals surface area contributed by atoms with Crippen molar-refractivity contribution in [3.05, 3.63) is 18.1 Å². The van der Waals surface area contributed by atoms with Crippen molar-refractivity contribution < 1.29 is 0 Å². The Kier molecular flexibility index (Phi) is 4.71. The third-order valence-electron chi connectivity index (χ3n) is 2.41. The van der Waals surface area contributed by atoms with Gasteiger partial charge in [-0.2, -0.15) is 0 Å². The van der Waals surface area contributed by atoms with Crippen LogP contribution >= 0.6 is 0 Å². The second-order valence-corrected chi connectivity index (χ2v) is 5.38. The number of rotatable bonds is 5. The molecule has 0 aromatic carbocycles. The van der Waals surface area contributed by atoms with Crippen LogP contribution in [0.1, 0.15) is 46.2 Å². The second-order valence-electron chi connectivity index (χ2n) is 5.38. The van der Waals surface area contributed by atoms with Crippen LogP contribution < -0.4 is 5.32 Å². The fourth-order valence-electron chi connectivity index (χ4n) is 1.45. The van der Waals surface area contributed by atoms with Crippen molar-refractivity contribution in [3.8, 4) is 0 Å². The van der Waals surface area contributed by atoms with E-state index in [0.29, 0.717) is 5.41 Å². The maximum absolute atomic E-state index is 4.23. The summed E-state index contributed by atoms with van der Waals surface area (Å²) < 4.78 is 0. The first-order valence-electron chi connectivity index (χ1n) is 6.06. The molecule has 3 heteroatoms. The van der Waals surface area contributed by atoms with Crippen molar-refractivity contribution in [1.82, 2.24) is 9.97 Å². The Bertz CT molecular complexity index is 315. The number of hydrogen-bond acceptors (Lipinski definition) is 3. The second kappa shape index (κ2) is 5.83. The Labute approximate surface area is 98.7 Å². The molecule has 0 atom stereocenters. The number of hydrogen-bond donors (Lipinski definition) is 1. The number of nitrogens with one attached hydrogen (secondary N) is 1. The average Bonchev–Trinajstić information content (AvgIpc) is 2.17. The van der Waals surface area contributed by atoms with Gasteiger partial charge in [-0.1, -0.05) is 34.1 Å². The standard InChI is InChI=1S/C13H23N3/c1-5-6-11-9-12(16-10-15-11)14-8-7-13(2,3)4/h9-10H,5-8H2,1-4H3,(H,14,15,16). The highest BCUT2D eigenvalue weighted by Crippen LogP contribution is 2.18. The van der Waals surface area contributed by atoms with E-state index in [9.17, 15) is 0 Å². The molecule has 0 aliphatic carbocycles. The van der Waals surface area contributed by atoms with Crippen LogP contribution in [-0.2, 0) is 6.42 Å². The lowest BCUT2D eigenvalue weighted by molar-refractivity contribution is 0.389. The third-order valence-corrected chi connectivity index (χ3v) is 2.41. The van der Waals surface area contributed by atoms with E-state index in [2.05, 4.69) is 43.0 Å². The molecule has 0 saturated heterocycles. The van der Waals surface area contributed by atoms with Crippen LogP contribution in [0.4, 0.5) is 5.82 Å². The maximum atomic E-state index is 4.23. The van der Waals surface area contributed by atoms with Gasteiger partial charge in [0.2, 0.25) is 0 Å². The van der Waals surface area contributed by atoms with E-state index < -0.39 is 0 Å². The molecule has 0 unspecified atom stereocenters. The minimum Gasteiger partial charge on any atom is -0.370 e. The van der Waals surface area contributed by atoms with Crippen LogP contribution in [0.25, 0.3) is 0 Å². The van der Waals surface area contributed by atoms with Gasteiger partial charge in [0.15, 0.2) is 0 Å². The lowest BCUT2D eigenvalue weighted by Gasteiger charge is -2.18. The smallest absolute Gasteiger partial charge is 0.129 e. The van der Waals surface area contributed by atoms with E-state index in [1.54, 1.807) is 6.33 Å². The number of nitrogens with zero attached hydrogens (tertiary/aromatic N) is 2. The van der Waals surface area contributed by atoms with E-state index in [0.717, 1.165) is 37.3 Å². The first-order valence-corrected chi connectivity index (χ1v) is 6.06. The Hall–Kier alpha value is -1.12. The van der Waals surface area contributed by atoms with Gasteiger partial charge in [0.1, 0.15) is 12.1 Å². The Balaban J connectivity index is 2.44. The van der Waals surface area contributed by atoms with E-state index in [1.165, 1.54) is 0 Å². The van der Waals surface area contributed by atoms with E-state index in [-0.39, 0.29) is 0 Å². The van der Waals surface area contributed by atoms with Gasteiger partial charge < -0.3 is 5.32 Å². The average molecular weight is 221 g/mol. The SMILES string of the molecule is CCCc1cc(NCCC(C)(C)C)ncn1. The van der Waals surface area contributed by atoms with Gasteiger partial charge >= 0.3 is 0 Å². The molecule has 0 amide bonds. The molecule has 16 heavy (non-hydrogen) atoms. The highest BCUT2D eigenvalue weighted by atomic mass is 15.0. The summed E-state index contributed by atoms with van der Waals surface area (Å²) in [6.45, 7) is 9.87. The van der Waals surface area contributed by atoms with Crippen molar-refractivity contribution in [2.24, 2.45) is 5.41 Å². The Morgan fingerprint density at radius 1 is 1.25 bits per heavy atom. The molecule has 1 N–H and O–H groups in total. The molecule has 0 radical (unpaired) electrons. The van der Waals surface area contributed by atoms with Crippen LogP contribution in [0, 0.1) is 5.41 Å². The summed E-state index contributed by atoms with van der Waals surface area (Å²) in [7, 11) is 0. The van der Waals surface area contributed by atoms with Crippen molar-refractivity contribution in [1.29, 1.82) is 0 Å². The van der Waals surface area contributed by atoms with Gasteiger partial charge in [0, 0.05) is 18.3 Å². The predicted molar refractivity (Wildman–Crippen MR) is 68.6 cm³/mol. The monoisotopic (exact) mass is 221 g/mol. The molecule has 1 rings (SSSR count). The fraction of sp³-hybridized carbons (Fsp3) is 0.692. The molecule has 1 aromatic heterocycles. The van der Waals surface area contributed by atoms with Crippen molar-refractivity contribution in [2.75, 3.05) is 11.9 Å². The topological polar surface area (TPSA) is 37.8 Å².